The number of para-hydroxylation sites is 2. The number of morpholine rings is 1. The van der Waals surface area contributed by atoms with Gasteiger partial charge in [0.2, 0.25) is 0 Å². The quantitative estimate of drug-likeness (QED) is 0.703. The number of aliphatic hydroxyl groups is 1. The van der Waals surface area contributed by atoms with Crippen LogP contribution >= 0.6 is 0 Å². The summed E-state index contributed by atoms with van der Waals surface area (Å²) in [4.78, 5) is 14.7. The Morgan fingerprint density at radius 3 is 2.37 bits per heavy atom. The Morgan fingerprint density at radius 2 is 1.70 bits per heavy atom. The lowest BCUT2D eigenvalue weighted by atomic mass is 9.97. The first-order chi connectivity index (χ1) is 14.6. The Balaban J connectivity index is 1.83. The summed E-state index contributed by atoms with van der Waals surface area (Å²) in [5.74, 6) is 1.94. The van der Waals surface area contributed by atoms with Crippen LogP contribution in [0.4, 0.5) is 0 Å². The number of hydrogen-bond acceptors (Lipinski definition) is 7. The Morgan fingerprint density at radius 1 is 1.03 bits per heavy atom. The van der Waals surface area contributed by atoms with Crippen molar-refractivity contribution in [2.45, 2.75) is 12.1 Å². The third-order valence-electron chi connectivity index (χ3n) is 5.02. The molecule has 1 N–H and O–H groups in total. The van der Waals surface area contributed by atoms with Gasteiger partial charge in [-0.1, -0.05) is 18.2 Å². The molecule has 0 unspecified atom stereocenters. The normalized spacial score (nSPS) is 18.6. The third kappa shape index (κ3) is 4.60. The Hall–Kier alpha value is -2.97. The average molecular weight is 417 g/mol. The van der Waals surface area contributed by atoms with Crippen molar-refractivity contribution in [1.82, 2.24) is 4.90 Å². The number of nitrogens with zero attached hydrogens (tertiary/aromatic N) is 1. The second kappa shape index (κ2) is 10.2. The first-order valence-corrected chi connectivity index (χ1v) is 9.62. The van der Waals surface area contributed by atoms with E-state index in [1.807, 2.05) is 18.2 Å². The van der Waals surface area contributed by atoms with Crippen LogP contribution in [0.25, 0.3) is 0 Å². The van der Waals surface area contributed by atoms with Crippen LogP contribution in [0.15, 0.2) is 42.5 Å². The molecule has 1 amide bonds. The van der Waals surface area contributed by atoms with Gasteiger partial charge in [-0.3, -0.25) is 4.79 Å². The topological polar surface area (TPSA) is 86.7 Å². The molecule has 1 saturated heterocycles. The highest BCUT2D eigenvalue weighted by Gasteiger charge is 2.36. The molecule has 0 bridgehead atoms. The van der Waals surface area contributed by atoms with Crippen molar-refractivity contribution in [2.75, 3.05) is 47.7 Å². The molecular formula is C22H27NO7. The van der Waals surface area contributed by atoms with Gasteiger partial charge < -0.3 is 33.7 Å². The molecule has 30 heavy (non-hydrogen) atoms. The Bertz CT molecular complexity index is 857. The van der Waals surface area contributed by atoms with Gasteiger partial charge in [0.05, 0.1) is 40.6 Å². The largest absolute Gasteiger partial charge is 0.493 e. The van der Waals surface area contributed by atoms with Crippen LogP contribution < -0.4 is 18.9 Å². The smallest absolute Gasteiger partial charge is 0.261 e. The average Bonchev–Trinajstić information content (AvgIpc) is 2.81. The van der Waals surface area contributed by atoms with Crippen LogP contribution in [0.3, 0.4) is 0 Å². The maximum absolute atomic E-state index is 13.1. The minimum absolute atomic E-state index is 0.164. The second-order valence-electron chi connectivity index (χ2n) is 6.68. The van der Waals surface area contributed by atoms with E-state index in [-0.39, 0.29) is 19.1 Å². The Labute approximate surface area is 175 Å². The molecule has 2 atom stereocenters. The molecule has 8 heteroatoms. The maximum atomic E-state index is 13.1. The van der Waals surface area contributed by atoms with Crippen molar-refractivity contribution in [3.63, 3.8) is 0 Å². The zero-order chi connectivity index (χ0) is 21.5. The predicted octanol–water partition coefficient (Wildman–Crippen LogP) is 2.05. The van der Waals surface area contributed by atoms with E-state index in [1.54, 1.807) is 50.5 Å². The van der Waals surface area contributed by atoms with E-state index >= 15 is 0 Å². The number of benzene rings is 2. The lowest BCUT2D eigenvalue weighted by Crippen LogP contribution is -2.50. The summed E-state index contributed by atoms with van der Waals surface area (Å²) in [5.41, 5.74) is 0.775. The summed E-state index contributed by atoms with van der Waals surface area (Å²) in [6.45, 7) is 0.317. The fourth-order valence-electron chi connectivity index (χ4n) is 3.56. The summed E-state index contributed by atoms with van der Waals surface area (Å²) >= 11 is 0. The highest BCUT2D eigenvalue weighted by atomic mass is 16.5. The zero-order valence-electron chi connectivity index (χ0n) is 17.4. The minimum atomic E-state index is -0.563. The van der Waals surface area contributed by atoms with Crippen molar-refractivity contribution in [2.24, 2.45) is 0 Å². The van der Waals surface area contributed by atoms with Gasteiger partial charge in [0.1, 0.15) is 6.10 Å². The maximum Gasteiger partial charge on any atom is 0.261 e. The summed E-state index contributed by atoms with van der Waals surface area (Å²) in [6, 6.07) is 12.1. The lowest BCUT2D eigenvalue weighted by Gasteiger charge is -2.41. The number of aliphatic hydroxyl groups excluding tert-OH is 1. The van der Waals surface area contributed by atoms with Crippen molar-refractivity contribution in [3.8, 4) is 23.0 Å². The van der Waals surface area contributed by atoms with E-state index in [9.17, 15) is 9.90 Å². The van der Waals surface area contributed by atoms with Crippen LogP contribution in [-0.2, 0) is 9.53 Å². The molecule has 8 nitrogen and oxygen atoms in total. The number of hydrogen-bond donors (Lipinski definition) is 1. The molecule has 1 aliphatic heterocycles. The van der Waals surface area contributed by atoms with Crippen LogP contribution in [0.5, 0.6) is 23.0 Å². The van der Waals surface area contributed by atoms with Gasteiger partial charge in [-0.25, -0.2) is 0 Å². The molecule has 3 rings (SSSR count). The van der Waals surface area contributed by atoms with E-state index in [4.69, 9.17) is 23.7 Å². The van der Waals surface area contributed by atoms with Gasteiger partial charge in [0.25, 0.3) is 5.91 Å². The summed E-state index contributed by atoms with van der Waals surface area (Å²) in [7, 11) is 4.65. The third-order valence-corrected chi connectivity index (χ3v) is 5.02. The fraction of sp³-hybridized carbons (Fsp3) is 0.409. The van der Waals surface area contributed by atoms with Gasteiger partial charge in [-0.05, 0) is 29.8 Å². The van der Waals surface area contributed by atoms with E-state index in [0.717, 1.165) is 5.56 Å². The number of ether oxygens (including phenoxy) is 5. The standard InChI is InChI=1S/C22H27NO7/c1-26-16-6-4-5-7-18(16)30-14-21(25)23-10-11-29-20(13-24)22(23)15-8-9-17(27-2)19(12-15)28-3/h4-9,12,20,22,24H,10-11,13-14H2,1-3H3/t20-,22-/m1/s1. The number of rotatable bonds is 8. The molecular weight excluding hydrogens is 390 g/mol. The SMILES string of the molecule is COc1ccc([C@@H]2[C@@H](CO)OCCN2C(=O)COc2ccccc2OC)cc1OC. The molecule has 1 aliphatic rings. The minimum Gasteiger partial charge on any atom is -0.493 e. The molecule has 0 aliphatic carbocycles. The number of carbonyl (C=O) groups excluding carboxylic acids is 1. The molecule has 1 heterocycles. The molecule has 162 valence electrons. The highest BCUT2D eigenvalue weighted by molar-refractivity contribution is 5.78. The first kappa shape index (κ1) is 21.7. The van der Waals surface area contributed by atoms with E-state index in [0.29, 0.717) is 36.1 Å². The van der Waals surface area contributed by atoms with Gasteiger partial charge in [-0.15, -0.1) is 0 Å². The molecule has 0 spiro atoms. The molecule has 0 aromatic heterocycles. The van der Waals surface area contributed by atoms with Crippen LogP contribution in [0.1, 0.15) is 11.6 Å². The van der Waals surface area contributed by atoms with Crippen molar-refractivity contribution < 1.29 is 33.6 Å². The monoisotopic (exact) mass is 417 g/mol. The van der Waals surface area contributed by atoms with Crippen molar-refractivity contribution in [1.29, 1.82) is 0 Å². The van der Waals surface area contributed by atoms with Crippen LogP contribution in [0, 0.1) is 0 Å². The zero-order valence-corrected chi connectivity index (χ0v) is 17.4. The van der Waals surface area contributed by atoms with E-state index in [2.05, 4.69) is 0 Å². The molecule has 0 saturated carbocycles. The first-order valence-electron chi connectivity index (χ1n) is 9.62. The molecule has 0 radical (unpaired) electrons. The van der Waals surface area contributed by atoms with Gasteiger partial charge in [-0.2, -0.15) is 0 Å². The van der Waals surface area contributed by atoms with Crippen LogP contribution in [-0.4, -0.2) is 69.7 Å². The van der Waals surface area contributed by atoms with E-state index < -0.39 is 12.1 Å². The molecule has 1 fully saturated rings. The number of amides is 1. The second-order valence-corrected chi connectivity index (χ2v) is 6.68. The Kier molecular flexibility index (Phi) is 7.37. The molecule has 2 aromatic rings. The summed E-state index contributed by atoms with van der Waals surface area (Å²) < 4.78 is 27.4. The van der Waals surface area contributed by atoms with Crippen molar-refractivity contribution in [3.05, 3.63) is 48.0 Å². The van der Waals surface area contributed by atoms with Crippen LogP contribution in [0.2, 0.25) is 0 Å². The molecule has 2 aromatic carbocycles. The predicted molar refractivity (Wildman–Crippen MR) is 109 cm³/mol. The summed E-state index contributed by atoms with van der Waals surface area (Å²) in [6.07, 6.45) is -0.563. The van der Waals surface area contributed by atoms with Gasteiger partial charge in [0.15, 0.2) is 29.6 Å². The fourth-order valence-corrected chi connectivity index (χ4v) is 3.56. The highest BCUT2D eigenvalue weighted by Crippen LogP contribution is 2.36. The van der Waals surface area contributed by atoms with Gasteiger partial charge >= 0.3 is 0 Å². The van der Waals surface area contributed by atoms with Gasteiger partial charge in [0, 0.05) is 6.54 Å². The van der Waals surface area contributed by atoms with E-state index in [1.165, 1.54) is 0 Å². The van der Waals surface area contributed by atoms with Crippen molar-refractivity contribution >= 4 is 5.91 Å². The number of carbonyl (C=O) groups is 1. The number of methoxy groups -OCH3 is 3. The lowest BCUT2D eigenvalue weighted by molar-refractivity contribution is -0.152. The summed E-state index contributed by atoms with van der Waals surface area (Å²) in [5, 5.41) is 9.86.